The molecule has 0 fully saturated rings. The average molecular weight is 727 g/mol. The van der Waals surface area contributed by atoms with E-state index in [4.69, 9.17) is 17.8 Å². The molecule has 2 radical (unpaired) electrons. The van der Waals surface area contributed by atoms with Crippen molar-refractivity contribution in [2.45, 2.75) is 13.8 Å². The third-order valence-electron chi connectivity index (χ3n) is 10.8. The molecule has 0 saturated carbocycles. The van der Waals surface area contributed by atoms with Crippen molar-refractivity contribution in [1.82, 2.24) is 9.97 Å². The van der Waals surface area contributed by atoms with Crippen molar-refractivity contribution in [3.05, 3.63) is 212 Å². The van der Waals surface area contributed by atoms with Crippen molar-refractivity contribution in [3.63, 3.8) is 0 Å². The fraction of sp³-hybridized carbons (Fsp3) is 0.0370. The molecule has 0 bridgehead atoms. The van der Waals surface area contributed by atoms with Gasteiger partial charge in [0.1, 0.15) is 7.85 Å². The molecule has 0 unspecified atom stereocenters. The predicted molar refractivity (Wildman–Crippen MR) is 240 cm³/mol. The lowest BCUT2D eigenvalue weighted by Crippen LogP contribution is -2.03. The molecule has 0 aliphatic heterocycles. The molecular formula is C54H39BN2. The summed E-state index contributed by atoms with van der Waals surface area (Å²) in [7, 11) is 6.69. The smallest absolute Gasteiger partial charge is 0.113 e. The first-order chi connectivity index (χ1) is 28.0. The highest BCUT2D eigenvalue weighted by Gasteiger charge is 2.14. The Morgan fingerprint density at radius 3 is 0.982 bits per heavy atom. The fourth-order valence-corrected chi connectivity index (χ4v) is 7.84. The van der Waals surface area contributed by atoms with Crippen LogP contribution in [0.4, 0.5) is 0 Å². The van der Waals surface area contributed by atoms with Crippen molar-refractivity contribution in [1.29, 1.82) is 0 Å². The van der Waals surface area contributed by atoms with Crippen LogP contribution in [0.15, 0.2) is 200 Å². The van der Waals surface area contributed by atoms with Crippen molar-refractivity contribution in [2.24, 2.45) is 0 Å². The third kappa shape index (κ3) is 7.36. The van der Waals surface area contributed by atoms with Crippen LogP contribution >= 0.6 is 0 Å². The molecule has 0 saturated heterocycles. The van der Waals surface area contributed by atoms with Gasteiger partial charge in [0.05, 0.1) is 11.4 Å². The summed E-state index contributed by atoms with van der Waals surface area (Å²) in [4.78, 5) is 9.70. The van der Waals surface area contributed by atoms with Crippen LogP contribution in [-0.2, 0) is 0 Å². The standard InChI is InChI=1S/C54H39BN2/c1-36-29-53(56-34-51(36)38-13-5-3-6-14-38)42-25-21-40(22-26-42)47-17-9-11-19-49(47)44-31-45(33-46(55)32-44)50-20-12-10-18-48(50)41-23-27-43(28-24-41)54-30-37(2)52(35-57-54)39-15-7-4-8-16-39/h3-35H,1-2H3. The maximum atomic E-state index is 6.69. The lowest BCUT2D eigenvalue weighted by molar-refractivity contribution is 1.29. The number of hydrogen-bond acceptors (Lipinski definition) is 2. The molecule has 0 aliphatic carbocycles. The number of rotatable bonds is 8. The van der Waals surface area contributed by atoms with E-state index in [0.717, 1.165) is 83.6 Å². The second kappa shape index (κ2) is 15.6. The van der Waals surface area contributed by atoms with Crippen LogP contribution in [0.3, 0.4) is 0 Å². The van der Waals surface area contributed by atoms with Gasteiger partial charge in [-0.1, -0.05) is 175 Å². The van der Waals surface area contributed by atoms with Crippen LogP contribution < -0.4 is 5.46 Å². The van der Waals surface area contributed by atoms with Gasteiger partial charge in [0, 0.05) is 34.6 Å². The minimum atomic E-state index is 0.721. The summed E-state index contributed by atoms with van der Waals surface area (Å²) in [5.74, 6) is 0. The first-order valence-corrected chi connectivity index (χ1v) is 19.3. The first kappa shape index (κ1) is 35.6. The number of pyridine rings is 2. The Hall–Kier alpha value is -7.10. The Bertz CT molecular complexity index is 2650. The minimum absolute atomic E-state index is 0.721. The highest BCUT2D eigenvalue weighted by Crippen LogP contribution is 2.38. The Morgan fingerprint density at radius 2 is 0.614 bits per heavy atom. The summed E-state index contributed by atoms with van der Waals surface area (Å²) in [6, 6.07) is 66.2. The average Bonchev–Trinajstić information content (AvgIpc) is 3.27. The molecule has 9 aromatic rings. The van der Waals surface area contributed by atoms with Crippen LogP contribution in [0.2, 0.25) is 0 Å². The summed E-state index contributed by atoms with van der Waals surface area (Å²) >= 11 is 0. The number of nitrogens with zero attached hydrogens (tertiary/aromatic N) is 2. The van der Waals surface area contributed by atoms with Crippen molar-refractivity contribution < 1.29 is 0 Å². The minimum Gasteiger partial charge on any atom is -0.256 e. The Morgan fingerprint density at radius 1 is 0.298 bits per heavy atom. The number of hydrogen-bond donors (Lipinski definition) is 0. The van der Waals surface area contributed by atoms with Gasteiger partial charge in [-0.3, -0.25) is 9.97 Å². The topological polar surface area (TPSA) is 25.8 Å². The summed E-state index contributed by atoms with van der Waals surface area (Å²) < 4.78 is 0. The lowest BCUT2D eigenvalue weighted by atomic mass is 9.84. The summed E-state index contributed by atoms with van der Waals surface area (Å²) in [6.07, 6.45) is 3.97. The van der Waals surface area contributed by atoms with Crippen molar-refractivity contribution >= 4 is 13.3 Å². The van der Waals surface area contributed by atoms with Crippen LogP contribution in [0, 0.1) is 13.8 Å². The molecule has 268 valence electrons. The maximum Gasteiger partial charge on any atom is 0.113 e. The summed E-state index contributed by atoms with van der Waals surface area (Å²) in [6.45, 7) is 4.30. The molecule has 0 aliphatic rings. The fourth-order valence-electron chi connectivity index (χ4n) is 7.84. The molecule has 2 heterocycles. The molecule has 0 spiro atoms. The number of aryl methyl sites for hydroxylation is 2. The van der Waals surface area contributed by atoms with E-state index in [1.165, 1.54) is 22.3 Å². The summed E-state index contributed by atoms with van der Waals surface area (Å²) in [5, 5.41) is 0. The number of aromatic nitrogens is 2. The highest BCUT2D eigenvalue weighted by molar-refractivity contribution is 6.33. The first-order valence-electron chi connectivity index (χ1n) is 19.3. The van der Waals surface area contributed by atoms with E-state index in [-0.39, 0.29) is 0 Å². The van der Waals surface area contributed by atoms with E-state index in [2.05, 4.69) is 190 Å². The quantitative estimate of drug-likeness (QED) is 0.146. The van der Waals surface area contributed by atoms with E-state index in [0.29, 0.717) is 0 Å². The molecule has 0 N–H and O–H groups in total. The Balaban J connectivity index is 1.00. The maximum absolute atomic E-state index is 6.69. The van der Waals surface area contributed by atoms with Gasteiger partial charge in [-0.15, -0.1) is 0 Å². The van der Waals surface area contributed by atoms with E-state index < -0.39 is 0 Å². The zero-order valence-corrected chi connectivity index (χ0v) is 32.0. The second-order valence-corrected chi connectivity index (χ2v) is 14.6. The molecule has 57 heavy (non-hydrogen) atoms. The normalized spacial score (nSPS) is 11.1. The summed E-state index contributed by atoms with van der Waals surface area (Å²) in [5.41, 5.74) is 20.9. The third-order valence-corrected chi connectivity index (χ3v) is 10.8. The van der Waals surface area contributed by atoms with Crippen molar-refractivity contribution in [3.8, 4) is 89.3 Å². The van der Waals surface area contributed by atoms with Gasteiger partial charge >= 0.3 is 0 Å². The molecule has 7 aromatic carbocycles. The molecule has 3 heteroatoms. The van der Waals surface area contributed by atoms with E-state index in [9.17, 15) is 0 Å². The monoisotopic (exact) mass is 726 g/mol. The Kier molecular flexibility index (Phi) is 9.72. The Labute approximate surface area is 336 Å². The van der Waals surface area contributed by atoms with Gasteiger partial charge in [0.25, 0.3) is 0 Å². The highest BCUT2D eigenvalue weighted by atomic mass is 14.7. The van der Waals surface area contributed by atoms with Gasteiger partial charge in [0.15, 0.2) is 0 Å². The zero-order valence-electron chi connectivity index (χ0n) is 32.0. The molecule has 2 nitrogen and oxygen atoms in total. The van der Waals surface area contributed by atoms with Crippen LogP contribution in [0.1, 0.15) is 11.1 Å². The molecule has 0 atom stereocenters. The van der Waals surface area contributed by atoms with Crippen molar-refractivity contribution in [2.75, 3.05) is 0 Å². The SMILES string of the molecule is [B]c1cc(-c2ccccc2-c2ccc(-c3cc(C)c(-c4ccccc4)cn3)cc2)cc(-c2ccccc2-c2ccc(-c3cc(C)c(-c4ccccc4)cn3)cc2)c1. The van der Waals surface area contributed by atoms with Gasteiger partial charge in [-0.25, -0.2) is 0 Å². The molecule has 2 aromatic heterocycles. The van der Waals surface area contributed by atoms with Gasteiger partial charge in [-0.05, 0) is 98.8 Å². The molecule has 9 rings (SSSR count). The van der Waals surface area contributed by atoms with Gasteiger partial charge in [-0.2, -0.15) is 0 Å². The van der Waals surface area contributed by atoms with Gasteiger partial charge in [0.2, 0.25) is 0 Å². The molecule has 0 amide bonds. The van der Waals surface area contributed by atoms with E-state index >= 15 is 0 Å². The second-order valence-electron chi connectivity index (χ2n) is 14.6. The lowest BCUT2D eigenvalue weighted by Gasteiger charge is -2.16. The molecular weight excluding hydrogens is 687 g/mol. The van der Waals surface area contributed by atoms with E-state index in [1.54, 1.807) is 0 Å². The van der Waals surface area contributed by atoms with E-state index in [1.807, 2.05) is 24.5 Å². The predicted octanol–water partition coefficient (Wildman–Crippen LogP) is 13.2. The van der Waals surface area contributed by atoms with Crippen LogP contribution in [-0.4, -0.2) is 17.8 Å². The zero-order chi connectivity index (χ0) is 38.7. The van der Waals surface area contributed by atoms with Gasteiger partial charge < -0.3 is 0 Å². The van der Waals surface area contributed by atoms with Crippen LogP contribution in [0.25, 0.3) is 89.3 Å². The number of benzene rings is 7. The van der Waals surface area contributed by atoms with Crippen LogP contribution in [0.5, 0.6) is 0 Å². The largest absolute Gasteiger partial charge is 0.256 e.